The van der Waals surface area contributed by atoms with Crippen LogP contribution >= 0.6 is 0 Å². The first-order valence-corrected chi connectivity index (χ1v) is 9.10. The van der Waals surface area contributed by atoms with Crippen molar-refractivity contribution in [3.05, 3.63) is 63.2 Å². The van der Waals surface area contributed by atoms with Gasteiger partial charge in [0.25, 0.3) is 0 Å². The van der Waals surface area contributed by atoms with Crippen molar-refractivity contribution in [3.8, 4) is 5.75 Å². The van der Waals surface area contributed by atoms with Gasteiger partial charge in [-0.05, 0) is 31.2 Å². The number of benzene rings is 1. The zero-order valence-electron chi connectivity index (χ0n) is 15.4. The molecular formula is C21H26O5. The summed E-state index contributed by atoms with van der Waals surface area (Å²) >= 11 is 0. The first-order chi connectivity index (χ1) is 12.6. The molecule has 1 saturated carbocycles. The van der Waals surface area contributed by atoms with Crippen molar-refractivity contribution in [1.82, 2.24) is 0 Å². The van der Waals surface area contributed by atoms with Crippen molar-refractivity contribution >= 4 is 0 Å². The van der Waals surface area contributed by atoms with Crippen LogP contribution < -0.4 is 5.63 Å². The summed E-state index contributed by atoms with van der Waals surface area (Å²) < 4.78 is 15.9. The molecule has 0 radical (unpaired) electrons. The highest BCUT2D eigenvalue weighted by Crippen LogP contribution is 2.48. The molecule has 1 heterocycles. The Morgan fingerprint density at radius 2 is 1.92 bits per heavy atom. The SMILES string of the molecule is COCCOCCc1c(C)oc(=O)c(C(c2ccccc2)C2CC2)c1O. The van der Waals surface area contributed by atoms with E-state index in [9.17, 15) is 9.90 Å². The average Bonchev–Trinajstić information content (AvgIpc) is 3.46. The maximum Gasteiger partial charge on any atom is 0.343 e. The minimum atomic E-state index is -0.440. The van der Waals surface area contributed by atoms with Gasteiger partial charge < -0.3 is 19.0 Å². The molecule has 1 fully saturated rings. The van der Waals surface area contributed by atoms with Gasteiger partial charge in [-0.3, -0.25) is 0 Å². The number of hydrogen-bond acceptors (Lipinski definition) is 5. The molecule has 1 aliphatic carbocycles. The zero-order chi connectivity index (χ0) is 18.5. The van der Waals surface area contributed by atoms with Gasteiger partial charge in [-0.2, -0.15) is 0 Å². The molecule has 140 valence electrons. The Labute approximate surface area is 153 Å². The predicted octanol–water partition coefficient (Wildman–Crippen LogP) is 3.40. The summed E-state index contributed by atoms with van der Waals surface area (Å²) in [5.74, 6) is 0.768. The Kier molecular flexibility index (Phi) is 6.12. The van der Waals surface area contributed by atoms with Crippen LogP contribution in [0.25, 0.3) is 0 Å². The summed E-state index contributed by atoms with van der Waals surface area (Å²) in [7, 11) is 1.62. The Hall–Kier alpha value is -2.11. The summed E-state index contributed by atoms with van der Waals surface area (Å²) in [6.07, 6.45) is 2.61. The Morgan fingerprint density at radius 1 is 1.19 bits per heavy atom. The first kappa shape index (κ1) is 18.7. The molecule has 0 aliphatic heterocycles. The lowest BCUT2D eigenvalue weighted by Crippen LogP contribution is -2.18. The highest BCUT2D eigenvalue weighted by molar-refractivity contribution is 5.46. The van der Waals surface area contributed by atoms with Gasteiger partial charge in [0.2, 0.25) is 0 Å². The molecule has 1 atom stereocenters. The molecule has 0 amide bonds. The maximum absolute atomic E-state index is 12.6. The Balaban J connectivity index is 1.91. The largest absolute Gasteiger partial charge is 0.507 e. The molecule has 5 heteroatoms. The summed E-state index contributed by atoms with van der Waals surface area (Å²) in [5, 5.41) is 10.9. The third kappa shape index (κ3) is 4.17. The highest BCUT2D eigenvalue weighted by Gasteiger charge is 2.38. The lowest BCUT2D eigenvalue weighted by Gasteiger charge is -2.19. The third-order valence-corrected chi connectivity index (χ3v) is 4.92. The van der Waals surface area contributed by atoms with E-state index in [1.165, 1.54) is 0 Å². The second-order valence-corrected chi connectivity index (χ2v) is 6.77. The van der Waals surface area contributed by atoms with Gasteiger partial charge in [0.1, 0.15) is 11.5 Å². The van der Waals surface area contributed by atoms with E-state index in [0.29, 0.717) is 49.0 Å². The van der Waals surface area contributed by atoms with Crippen LogP contribution in [-0.4, -0.2) is 32.0 Å². The molecule has 3 rings (SSSR count). The molecule has 1 N–H and O–H groups in total. The fourth-order valence-electron chi connectivity index (χ4n) is 3.43. The summed E-state index contributed by atoms with van der Waals surface area (Å²) in [5.41, 5.74) is 1.64. The Morgan fingerprint density at radius 3 is 2.58 bits per heavy atom. The fraction of sp³-hybridized carbons (Fsp3) is 0.476. The smallest absolute Gasteiger partial charge is 0.343 e. The van der Waals surface area contributed by atoms with Gasteiger partial charge in [-0.15, -0.1) is 0 Å². The van der Waals surface area contributed by atoms with Crippen LogP contribution in [0.2, 0.25) is 0 Å². The summed E-state index contributed by atoms with van der Waals surface area (Å²) in [6.45, 7) is 3.17. The van der Waals surface area contributed by atoms with Crippen molar-refractivity contribution in [3.63, 3.8) is 0 Å². The standard InChI is InChI=1S/C21H26O5/c1-14-17(10-11-25-13-12-24-2)20(22)19(21(23)26-14)18(16-8-9-16)15-6-4-3-5-7-15/h3-7,16,18,22H,8-13H2,1-2H3. The molecule has 5 nitrogen and oxygen atoms in total. The van der Waals surface area contributed by atoms with E-state index in [2.05, 4.69) is 0 Å². The van der Waals surface area contributed by atoms with Crippen LogP contribution in [0.3, 0.4) is 0 Å². The third-order valence-electron chi connectivity index (χ3n) is 4.92. The van der Waals surface area contributed by atoms with Gasteiger partial charge in [-0.25, -0.2) is 4.79 Å². The second-order valence-electron chi connectivity index (χ2n) is 6.77. The molecule has 0 spiro atoms. The number of methoxy groups -OCH3 is 1. The molecule has 0 saturated heterocycles. The number of rotatable bonds is 9. The number of aromatic hydroxyl groups is 1. The van der Waals surface area contributed by atoms with E-state index in [0.717, 1.165) is 18.4 Å². The topological polar surface area (TPSA) is 68.9 Å². The van der Waals surface area contributed by atoms with Crippen LogP contribution in [0, 0.1) is 12.8 Å². The molecule has 1 aromatic carbocycles. The van der Waals surface area contributed by atoms with Gasteiger partial charge in [0.15, 0.2) is 0 Å². The maximum atomic E-state index is 12.6. The molecule has 2 aromatic rings. The highest BCUT2D eigenvalue weighted by atomic mass is 16.5. The minimum Gasteiger partial charge on any atom is -0.507 e. The number of ether oxygens (including phenoxy) is 2. The van der Waals surface area contributed by atoms with Crippen molar-refractivity contribution in [2.24, 2.45) is 5.92 Å². The second kappa shape index (κ2) is 8.52. The van der Waals surface area contributed by atoms with E-state index in [1.54, 1.807) is 14.0 Å². The van der Waals surface area contributed by atoms with E-state index in [4.69, 9.17) is 13.9 Å². The lowest BCUT2D eigenvalue weighted by atomic mass is 9.86. The molecule has 0 bridgehead atoms. The number of hydrogen-bond donors (Lipinski definition) is 1. The number of aryl methyl sites for hydroxylation is 1. The van der Waals surface area contributed by atoms with E-state index >= 15 is 0 Å². The van der Waals surface area contributed by atoms with Crippen LogP contribution in [-0.2, 0) is 15.9 Å². The molecule has 1 unspecified atom stereocenters. The lowest BCUT2D eigenvalue weighted by molar-refractivity contribution is 0.0718. The summed E-state index contributed by atoms with van der Waals surface area (Å²) in [6, 6.07) is 9.89. The Bertz CT molecular complexity index is 777. The van der Waals surface area contributed by atoms with Crippen LogP contribution in [0.1, 0.15) is 41.2 Å². The monoisotopic (exact) mass is 358 g/mol. The van der Waals surface area contributed by atoms with Crippen LogP contribution in [0.5, 0.6) is 5.75 Å². The van der Waals surface area contributed by atoms with Crippen LogP contribution in [0.15, 0.2) is 39.5 Å². The van der Waals surface area contributed by atoms with E-state index in [-0.39, 0.29) is 11.7 Å². The first-order valence-electron chi connectivity index (χ1n) is 9.10. The predicted molar refractivity (Wildman–Crippen MR) is 98.8 cm³/mol. The van der Waals surface area contributed by atoms with Gasteiger partial charge in [0, 0.05) is 25.0 Å². The normalized spacial score (nSPS) is 15.2. The van der Waals surface area contributed by atoms with Crippen molar-refractivity contribution in [2.45, 2.75) is 32.1 Å². The minimum absolute atomic E-state index is 0.0647. The quantitative estimate of drug-likeness (QED) is 0.696. The van der Waals surface area contributed by atoms with Gasteiger partial charge >= 0.3 is 5.63 Å². The van der Waals surface area contributed by atoms with Gasteiger partial charge in [-0.1, -0.05) is 30.3 Å². The van der Waals surface area contributed by atoms with Crippen molar-refractivity contribution in [1.29, 1.82) is 0 Å². The zero-order valence-corrected chi connectivity index (χ0v) is 15.4. The van der Waals surface area contributed by atoms with Gasteiger partial charge in [0.05, 0.1) is 25.4 Å². The molecule has 1 aliphatic rings. The molecular weight excluding hydrogens is 332 g/mol. The van der Waals surface area contributed by atoms with E-state index < -0.39 is 5.63 Å². The van der Waals surface area contributed by atoms with Crippen molar-refractivity contribution < 1.29 is 19.0 Å². The fourth-order valence-corrected chi connectivity index (χ4v) is 3.43. The van der Waals surface area contributed by atoms with E-state index in [1.807, 2.05) is 30.3 Å². The molecule has 26 heavy (non-hydrogen) atoms. The molecule has 1 aromatic heterocycles. The van der Waals surface area contributed by atoms with Crippen molar-refractivity contribution in [2.75, 3.05) is 26.9 Å². The summed E-state index contributed by atoms with van der Waals surface area (Å²) in [4.78, 5) is 12.6. The van der Waals surface area contributed by atoms with Crippen LogP contribution in [0.4, 0.5) is 0 Å². The average molecular weight is 358 g/mol.